The molecule has 0 unspecified atom stereocenters. The summed E-state index contributed by atoms with van der Waals surface area (Å²) in [6.07, 6.45) is 1.41. The zero-order valence-electron chi connectivity index (χ0n) is 11.2. The predicted octanol–water partition coefficient (Wildman–Crippen LogP) is 3.73. The molecule has 1 heterocycles. The monoisotopic (exact) mass is 273 g/mol. The van der Waals surface area contributed by atoms with Crippen molar-refractivity contribution < 1.29 is 4.79 Å². The van der Waals surface area contributed by atoms with Crippen LogP contribution in [0.3, 0.4) is 0 Å². The van der Waals surface area contributed by atoms with Gasteiger partial charge in [-0.25, -0.2) is 0 Å². The molecule has 2 nitrogen and oxygen atoms in total. The van der Waals surface area contributed by atoms with Crippen LogP contribution >= 0.6 is 11.3 Å². The third kappa shape index (κ3) is 4.21. The number of aryl methyl sites for hydroxylation is 1. The Morgan fingerprint density at radius 2 is 1.95 bits per heavy atom. The van der Waals surface area contributed by atoms with Gasteiger partial charge in [-0.3, -0.25) is 4.79 Å². The van der Waals surface area contributed by atoms with E-state index in [0.29, 0.717) is 6.42 Å². The first kappa shape index (κ1) is 13.8. The van der Waals surface area contributed by atoms with Crippen molar-refractivity contribution in [1.29, 1.82) is 0 Å². The third-order valence-electron chi connectivity index (χ3n) is 3.13. The van der Waals surface area contributed by atoms with Crippen LogP contribution in [0.25, 0.3) is 0 Å². The molecule has 1 amide bonds. The fraction of sp³-hybridized carbons (Fsp3) is 0.312. The number of hydrogen-bond donors (Lipinski definition) is 0. The van der Waals surface area contributed by atoms with Crippen LogP contribution in [-0.2, 0) is 17.8 Å². The van der Waals surface area contributed by atoms with E-state index in [-0.39, 0.29) is 5.91 Å². The van der Waals surface area contributed by atoms with Crippen LogP contribution in [0.5, 0.6) is 0 Å². The molecule has 3 heteroatoms. The van der Waals surface area contributed by atoms with E-state index in [1.165, 1.54) is 10.4 Å². The molecule has 0 saturated heterocycles. The zero-order chi connectivity index (χ0) is 13.5. The Hall–Kier alpha value is -1.61. The van der Waals surface area contributed by atoms with Gasteiger partial charge in [0.15, 0.2) is 0 Å². The highest BCUT2D eigenvalue weighted by Gasteiger charge is 2.12. The minimum Gasteiger partial charge on any atom is -0.338 e. The topological polar surface area (TPSA) is 20.3 Å². The molecule has 0 N–H and O–H groups in total. The largest absolute Gasteiger partial charge is 0.338 e. The number of carbonyl (C=O) groups is 1. The van der Waals surface area contributed by atoms with Gasteiger partial charge in [-0.05, 0) is 30.4 Å². The first-order valence-corrected chi connectivity index (χ1v) is 7.51. The summed E-state index contributed by atoms with van der Waals surface area (Å²) in [5, 5.41) is 2.05. The molecule has 0 aliphatic carbocycles. The van der Waals surface area contributed by atoms with Gasteiger partial charge in [0.05, 0.1) is 6.54 Å². The maximum Gasteiger partial charge on any atom is 0.223 e. The number of nitrogens with zero attached hydrogens (tertiary/aromatic N) is 1. The van der Waals surface area contributed by atoms with E-state index in [2.05, 4.69) is 23.6 Å². The van der Waals surface area contributed by atoms with E-state index < -0.39 is 0 Å². The lowest BCUT2D eigenvalue weighted by molar-refractivity contribution is -0.131. The number of benzene rings is 1. The summed E-state index contributed by atoms with van der Waals surface area (Å²) in [6, 6.07) is 14.3. The van der Waals surface area contributed by atoms with E-state index in [9.17, 15) is 4.79 Å². The van der Waals surface area contributed by atoms with E-state index in [1.54, 1.807) is 11.3 Å². The fourth-order valence-electron chi connectivity index (χ4n) is 2.02. The molecule has 0 radical (unpaired) electrons. The highest BCUT2D eigenvalue weighted by atomic mass is 32.1. The van der Waals surface area contributed by atoms with Crippen molar-refractivity contribution in [2.45, 2.75) is 26.3 Å². The average Bonchev–Trinajstić information content (AvgIpc) is 2.96. The molecule has 1 aromatic carbocycles. The van der Waals surface area contributed by atoms with Crippen LogP contribution in [0.2, 0.25) is 0 Å². The molecule has 0 aliphatic rings. The Morgan fingerprint density at radius 1 is 1.16 bits per heavy atom. The summed E-state index contributed by atoms with van der Waals surface area (Å²) in [5.41, 5.74) is 1.23. The maximum atomic E-state index is 12.2. The van der Waals surface area contributed by atoms with Gasteiger partial charge >= 0.3 is 0 Å². The Balaban J connectivity index is 1.87. The Kier molecular flexibility index (Phi) is 5.16. The normalized spacial score (nSPS) is 10.4. The smallest absolute Gasteiger partial charge is 0.223 e. The van der Waals surface area contributed by atoms with Gasteiger partial charge in [0.1, 0.15) is 0 Å². The summed E-state index contributed by atoms with van der Waals surface area (Å²) < 4.78 is 0. The quantitative estimate of drug-likeness (QED) is 0.785. The first-order chi connectivity index (χ1) is 9.29. The third-order valence-corrected chi connectivity index (χ3v) is 3.99. The highest BCUT2D eigenvalue weighted by molar-refractivity contribution is 7.09. The molecule has 0 fully saturated rings. The van der Waals surface area contributed by atoms with Crippen molar-refractivity contribution in [3.8, 4) is 0 Å². The molecule has 2 rings (SSSR count). The van der Waals surface area contributed by atoms with Crippen LogP contribution in [-0.4, -0.2) is 17.4 Å². The predicted molar refractivity (Wildman–Crippen MR) is 80.2 cm³/mol. The number of thiophene rings is 1. The molecule has 0 aliphatic heterocycles. The van der Waals surface area contributed by atoms with Gasteiger partial charge in [0.2, 0.25) is 5.91 Å². The summed E-state index contributed by atoms with van der Waals surface area (Å²) in [5.74, 6) is 0.236. The number of carbonyl (C=O) groups excluding carboxylic acids is 1. The second-order valence-electron chi connectivity index (χ2n) is 4.47. The van der Waals surface area contributed by atoms with Gasteiger partial charge in [0, 0.05) is 17.8 Å². The van der Waals surface area contributed by atoms with Crippen LogP contribution in [0.15, 0.2) is 47.8 Å². The number of amides is 1. The van der Waals surface area contributed by atoms with Crippen molar-refractivity contribution in [1.82, 2.24) is 4.90 Å². The zero-order valence-corrected chi connectivity index (χ0v) is 12.0. The molecular formula is C16H19NOS. The van der Waals surface area contributed by atoms with Gasteiger partial charge < -0.3 is 4.90 Å². The second-order valence-corrected chi connectivity index (χ2v) is 5.51. The average molecular weight is 273 g/mol. The van der Waals surface area contributed by atoms with Crippen LogP contribution in [0.4, 0.5) is 0 Å². The van der Waals surface area contributed by atoms with E-state index in [0.717, 1.165) is 19.5 Å². The van der Waals surface area contributed by atoms with Gasteiger partial charge in [0.25, 0.3) is 0 Å². The molecule has 0 spiro atoms. The molecular weight excluding hydrogens is 254 g/mol. The van der Waals surface area contributed by atoms with Crippen LogP contribution in [0, 0.1) is 0 Å². The summed E-state index contributed by atoms with van der Waals surface area (Å²) in [4.78, 5) is 15.4. The Labute approximate surface area is 118 Å². The van der Waals surface area contributed by atoms with E-state index in [1.807, 2.05) is 36.1 Å². The molecule has 1 aromatic heterocycles. The van der Waals surface area contributed by atoms with Crippen LogP contribution in [0.1, 0.15) is 23.8 Å². The lowest BCUT2D eigenvalue weighted by Crippen LogP contribution is -2.30. The van der Waals surface area contributed by atoms with Crippen molar-refractivity contribution in [3.63, 3.8) is 0 Å². The first-order valence-electron chi connectivity index (χ1n) is 6.63. The fourth-order valence-corrected chi connectivity index (χ4v) is 2.74. The standard InChI is InChI=1S/C16H19NOS/c1-2-17(13-15-9-6-12-19-15)16(18)11-10-14-7-4-3-5-8-14/h3-9,12H,2,10-11,13H2,1H3. The summed E-state index contributed by atoms with van der Waals surface area (Å²) in [7, 11) is 0. The minimum absolute atomic E-state index is 0.236. The Morgan fingerprint density at radius 3 is 2.58 bits per heavy atom. The van der Waals surface area contributed by atoms with Crippen LogP contribution < -0.4 is 0 Å². The van der Waals surface area contributed by atoms with Crippen molar-refractivity contribution in [2.75, 3.05) is 6.54 Å². The lowest BCUT2D eigenvalue weighted by Gasteiger charge is -2.20. The molecule has 0 atom stereocenters. The van der Waals surface area contributed by atoms with Gasteiger partial charge in [-0.1, -0.05) is 36.4 Å². The molecule has 100 valence electrons. The Bertz CT molecular complexity index is 493. The SMILES string of the molecule is CCN(Cc1cccs1)C(=O)CCc1ccccc1. The van der Waals surface area contributed by atoms with Crippen molar-refractivity contribution >= 4 is 17.2 Å². The van der Waals surface area contributed by atoms with E-state index in [4.69, 9.17) is 0 Å². The lowest BCUT2D eigenvalue weighted by atomic mass is 10.1. The second kappa shape index (κ2) is 7.10. The number of rotatable bonds is 6. The minimum atomic E-state index is 0.236. The highest BCUT2D eigenvalue weighted by Crippen LogP contribution is 2.13. The van der Waals surface area contributed by atoms with Gasteiger partial charge in [-0.15, -0.1) is 11.3 Å². The van der Waals surface area contributed by atoms with Crippen molar-refractivity contribution in [2.24, 2.45) is 0 Å². The molecule has 0 bridgehead atoms. The molecule has 2 aromatic rings. The van der Waals surface area contributed by atoms with Gasteiger partial charge in [-0.2, -0.15) is 0 Å². The van der Waals surface area contributed by atoms with E-state index >= 15 is 0 Å². The molecule has 19 heavy (non-hydrogen) atoms. The maximum absolute atomic E-state index is 12.2. The number of hydrogen-bond acceptors (Lipinski definition) is 2. The summed E-state index contributed by atoms with van der Waals surface area (Å²) in [6.45, 7) is 3.54. The molecule has 0 saturated carbocycles. The summed E-state index contributed by atoms with van der Waals surface area (Å²) >= 11 is 1.70. The van der Waals surface area contributed by atoms with Crippen molar-refractivity contribution in [3.05, 3.63) is 58.3 Å².